The fourth-order valence-corrected chi connectivity index (χ4v) is 8.42. The molecule has 6 aliphatic rings. The maximum atomic E-state index is 14.0. The van der Waals surface area contributed by atoms with Gasteiger partial charge in [-0.2, -0.15) is 0 Å². The van der Waals surface area contributed by atoms with E-state index in [1.54, 1.807) is 0 Å². The van der Waals surface area contributed by atoms with Crippen molar-refractivity contribution in [3.8, 4) is 0 Å². The van der Waals surface area contributed by atoms with Crippen LogP contribution < -0.4 is 0 Å². The van der Waals surface area contributed by atoms with Gasteiger partial charge in [0.2, 0.25) is 0 Å². The maximum absolute atomic E-state index is 14.0. The summed E-state index contributed by atoms with van der Waals surface area (Å²) in [5, 5.41) is 0. The van der Waals surface area contributed by atoms with Crippen molar-refractivity contribution in [2.45, 2.75) is 58.4 Å². The number of nitrogens with zero attached hydrogens (tertiary/aromatic N) is 1. The lowest BCUT2D eigenvalue weighted by molar-refractivity contribution is -0.156. The van der Waals surface area contributed by atoms with E-state index in [2.05, 4.69) is 18.7 Å². The second kappa shape index (κ2) is 4.06. The highest BCUT2D eigenvalue weighted by atomic mass is 16.1. The van der Waals surface area contributed by atoms with Crippen LogP contribution in [0.1, 0.15) is 52.4 Å². The Labute approximate surface area is 143 Å². The zero-order chi connectivity index (χ0) is 16.4. The summed E-state index contributed by atoms with van der Waals surface area (Å²) in [5.41, 5.74) is 2.28. The van der Waals surface area contributed by atoms with Gasteiger partial charge in [0.15, 0.2) is 5.78 Å². The smallest absolute Gasteiger partial charge is 0.159 e. The van der Waals surface area contributed by atoms with Crippen molar-refractivity contribution < 1.29 is 9.59 Å². The minimum atomic E-state index is -0.280. The molecule has 0 aromatic rings. The third kappa shape index (κ3) is 1.23. The molecular weight excluding hydrogens is 298 g/mol. The highest BCUT2D eigenvalue weighted by Crippen LogP contribution is 2.73. The summed E-state index contributed by atoms with van der Waals surface area (Å²) in [7, 11) is 0. The summed E-state index contributed by atoms with van der Waals surface area (Å²) >= 11 is 0. The third-order valence-corrected chi connectivity index (χ3v) is 9.37. The van der Waals surface area contributed by atoms with Crippen molar-refractivity contribution in [1.82, 2.24) is 4.90 Å². The molecule has 2 aliphatic heterocycles. The first-order valence-electron chi connectivity index (χ1n) is 10.0. The predicted octanol–water partition coefficient (Wildman–Crippen LogP) is 2.99. The van der Waals surface area contributed by atoms with E-state index in [1.807, 2.05) is 0 Å². The van der Waals surface area contributed by atoms with E-state index in [0.717, 1.165) is 50.8 Å². The van der Waals surface area contributed by atoms with Gasteiger partial charge in [-0.25, -0.2) is 0 Å². The lowest BCUT2D eigenvalue weighted by Crippen LogP contribution is -2.64. The van der Waals surface area contributed by atoms with Gasteiger partial charge in [0, 0.05) is 36.9 Å². The average molecular weight is 325 g/mol. The molecule has 3 nitrogen and oxygen atoms in total. The highest BCUT2D eigenvalue weighted by molar-refractivity contribution is 6.04. The van der Waals surface area contributed by atoms with Gasteiger partial charge in [-0.1, -0.05) is 13.8 Å². The van der Waals surface area contributed by atoms with Gasteiger partial charge in [-0.3, -0.25) is 14.5 Å². The van der Waals surface area contributed by atoms with Crippen LogP contribution in [-0.4, -0.2) is 35.6 Å². The van der Waals surface area contributed by atoms with Crippen LogP contribution in [0.5, 0.6) is 0 Å². The van der Waals surface area contributed by atoms with Crippen LogP contribution in [-0.2, 0) is 9.59 Å². The summed E-state index contributed by atoms with van der Waals surface area (Å²) in [4.78, 5) is 29.4. The normalized spacial score (nSPS) is 55.2. The minimum Gasteiger partial charge on any atom is -0.299 e. The van der Waals surface area contributed by atoms with Gasteiger partial charge < -0.3 is 0 Å². The van der Waals surface area contributed by atoms with Crippen LogP contribution in [0.4, 0.5) is 0 Å². The van der Waals surface area contributed by atoms with Gasteiger partial charge in [0.1, 0.15) is 5.78 Å². The first kappa shape index (κ1) is 14.2. The van der Waals surface area contributed by atoms with E-state index in [-0.39, 0.29) is 16.7 Å². The molecule has 2 heterocycles. The Hall–Kier alpha value is -0.960. The Balaban J connectivity index is 1.67. The number of hydrogen-bond acceptors (Lipinski definition) is 3. The quantitative estimate of drug-likeness (QED) is 0.687. The van der Waals surface area contributed by atoms with Gasteiger partial charge in [0.25, 0.3) is 0 Å². The molecule has 4 aliphatic carbocycles. The Bertz CT molecular complexity index is 723. The predicted molar refractivity (Wildman–Crippen MR) is 90.3 cm³/mol. The third-order valence-electron chi connectivity index (χ3n) is 9.37. The summed E-state index contributed by atoms with van der Waals surface area (Å²) in [6.07, 6.45) is 5.95. The van der Waals surface area contributed by atoms with Crippen molar-refractivity contribution >= 4 is 11.6 Å². The monoisotopic (exact) mass is 325 g/mol. The van der Waals surface area contributed by atoms with E-state index in [4.69, 9.17) is 0 Å². The molecule has 0 N–H and O–H groups in total. The summed E-state index contributed by atoms with van der Waals surface area (Å²) in [6.45, 7) is 7.01. The number of piperidine rings is 1. The van der Waals surface area contributed by atoms with Crippen LogP contribution in [0, 0.1) is 34.5 Å². The number of rotatable bonds is 0. The summed E-state index contributed by atoms with van der Waals surface area (Å²) in [6, 6.07) is 0.572. The number of Topliss-reactive ketones (excluding diaryl/α,β-unsaturated/α-hetero) is 2. The van der Waals surface area contributed by atoms with E-state index < -0.39 is 0 Å². The standard InChI is InChI=1S/C21H27NO2/c1-11-9-22-10-13-3-4-14-16(23)7-12-5-6-21(18(12)14)19(24)15(11)8-17(22)20(13,21)2/h11-13,15,17H,3-10H2,1-2H3. The van der Waals surface area contributed by atoms with Gasteiger partial charge in [-0.15, -0.1) is 0 Å². The van der Waals surface area contributed by atoms with E-state index in [1.165, 1.54) is 5.57 Å². The zero-order valence-corrected chi connectivity index (χ0v) is 14.8. The number of fused-ring (bicyclic) bond motifs is 1. The summed E-state index contributed by atoms with van der Waals surface area (Å²) in [5.74, 6) is 2.64. The van der Waals surface area contributed by atoms with Crippen LogP contribution in [0.2, 0.25) is 0 Å². The van der Waals surface area contributed by atoms with Crippen molar-refractivity contribution in [2.75, 3.05) is 13.1 Å². The average Bonchev–Trinajstić information content (AvgIpc) is 3.12. The zero-order valence-electron chi connectivity index (χ0n) is 14.8. The number of allylic oxidation sites excluding steroid dienone is 2. The molecule has 0 amide bonds. The van der Waals surface area contributed by atoms with Crippen LogP contribution in [0.3, 0.4) is 0 Å². The minimum absolute atomic E-state index is 0.0805. The van der Waals surface area contributed by atoms with E-state index in [0.29, 0.717) is 41.8 Å². The molecule has 0 aromatic carbocycles. The number of hydrogen-bond donors (Lipinski definition) is 0. The van der Waals surface area contributed by atoms with Crippen LogP contribution in [0.25, 0.3) is 0 Å². The Morgan fingerprint density at radius 2 is 2.00 bits per heavy atom. The van der Waals surface area contributed by atoms with Crippen molar-refractivity contribution in [1.29, 1.82) is 0 Å². The largest absolute Gasteiger partial charge is 0.299 e. The molecule has 2 bridgehead atoms. The molecule has 2 saturated heterocycles. The van der Waals surface area contributed by atoms with Crippen LogP contribution in [0.15, 0.2) is 11.1 Å². The Kier molecular flexibility index (Phi) is 2.41. The molecule has 7 unspecified atom stereocenters. The molecule has 128 valence electrons. The van der Waals surface area contributed by atoms with Crippen LogP contribution >= 0.6 is 0 Å². The molecular formula is C21H27NO2. The SMILES string of the molecule is CC1CN2CC3CCC4=C5C(CCC56C(=O)C1CC2C36C)CC4=O. The molecule has 7 atom stereocenters. The first-order chi connectivity index (χ1) is 11.5. The second-order valence-electron chi connectivity index (χ2n) is 9.83. The maximum Gasteiger partial charge on any atom is 0.159 e. The summed E-state index contributed by atoms with van der Waals surface area (Å²) < 4.78 is 0. The van der Waals surface area contributed by atoms with Crippen molar-refractivity contribution in [2.24, 2.45) is 34.5 Å². The van der Waals surface area contributed by atoms with Crippen molar-refractivity contribution in [3.05, 3.63) is 11.1 Å². The molecule has 0 radical (unpaired) electrons. The molecule has 24 heavy (non-hydrogen) atoms. The van der Waals surface area contributed by atoms with E-state index >= 15 is 0 Å². The molecule has 2 saturated carbocycles. The molecule has 6 rings (SSSR count). The molecule has 0 aromatic heterocycles. The van der Waals surface area contributed by atoms with Gasteiger partial charge in [0.05, 0.1) is 5.41 Å². The van der Waals surface area contributed by atoms with Crippen molar-refractivity contribution in [3.63, 3.8) is 0 Å². The topological polar surface area (TPSA) is 37.4 Å². The molecule has 1 spiro atoms. The fourth-order valence-electron chi connectivity index (χ4n) is 8.42. The second-order valence-corrected chi connectivity index (χ2v) is 9.83. The fraction of sp³-hybridized carbons (Fsp3) is 0.810. The number of ketones is 2. The lowest BCUT2D eigenvalue weighted by Gasteiger charge is -2.59. The van der Waals surface area contributed by atoms with E-state index in [9.17, 15) is 9.59 Å². The number of carbonyl (C=O) groups excluding carboxylic acids is 2. The molecule has 3 heteroatoms. The van der Waals surface area contributed by atoms with Gasteiger partial charge >= 0.3 is 0 Å². The molecule has 4 fully saturated rings. The highest BCUT2D eigenvalue weighted by Gasteiger charge is 2.74. The lowest BCUT2D eigenvalue weighted by atomic mass is 9.45. The Morgan fingerprint density at radius 1 is 1.17 bits per heavy atom. The first-order valence-corrected chi connectivity index (χ1v) is 10.0. The number of carbonyl (C=O) groups is 2. The Morgan fingerprint density at radius 3 is 2.83 bits per heavy atom. The van der Waals surface area contributed by atoms with Gasteiger partial charge in [-0.05, 0) is 61.0 Å².